The van der Waals surface area contributed by atoms with Gasteiger partial charge in [0.1, 0.15) is 5.60 Å². The number of ether oxygens (including phenoxy) is 1. The number of benzene rings is 1. The van der Waals surface area contributed by atoms with Crippen LogP contribution in [0.2, 0.25) is 0 Å². The molecule has 0 aliphatic rings. The van der Waals surface area contributed by atoms with Crippen molar-refractivity contribution in [2.45, 2.75) is 59.1 Å². The van der Waals surface area contributed by atoms with Crippen LogP contribution in [-0.2, 0) is 16.0 Å². The summed E-state index contributed by atoms with van der Waals surface area (Å²) < 4.78 is 5.24. The van der Waals surface area contributed by atoms with Gasteiger partial charge in [-0.1, -0.05) is 12.1 Å². The summed E-state index contributed by atoms with van der Waals surface area (Å²) in [6.45, 7) is 10.6. The SMILES string of the molecule is CN=C(NCCC(=O)NC(C)C)NCCc1ccc(NC(=O)OC(C)(C)C)cc1.I. The summed E-state index contributed by atoms with van der Waals surface area (Å²) in [5.41, 5.74) is 1.28. The summed E-state index contributed by atoms with van der Waals surface area (Å²) in [7, 11) is 1.70. The van der Waals surface area contributed by atoms with Crippen molar-refractivity contribution in [1.82, 2.24) is 16.0 Å². The molecular formula is C21H36IN5O3. The first kappa shape index (κ1) is 28.0. The number of carbonyl (C=O) groups is 2. The van der Waals surface area contributed by atoms with Gasteiger partial charge in [-0.3, -0.25) is 15.1 Å². The van der Waals surface area contributed by atoms with Gasteiger partial charge in [-0.05, 0) is 58.7 Å². The molecule has 170 valence electrons. The Morgan fingerprint density at radius 3 is 2.20 bits per heavy atom. The smallest absolute Gasteiger partial charge is 0.412 e. The zero-order chi connectivity index (χ0) is 21.9. The Morgan fingerprint density at radius 1 is 1.07 bits per heavy atom. The second-order valence-electron chi connectivity index (χ2n) is 7.97. The van der Waals surface area contributed by atoms with E-state index in [1.165, 1.54) is 0 Å². The van der Waals surface area contributed by atoms with E-state index in [0.29, 0.717) is 31.2 Å². The van der Waals surface area contributed by atoms with E-state index >= 15 is 0 Å². The van der Waals surface area contributed by atoms with Gasteiger partial charge in [0.15, 0.2) is 5.96 Å². The number of hydrogen-bond acceptors (Lipinski definition) is 4. The Labute approximate surface area is 197 Å². The van der Waals surface area contributed by atoms with Crippen molar-refractivity contribution in [2.75, 3.05) is 25.5 Å². The Balaban J connectivity index is 0.00000841. The molecule has 0 spiro atoms. The van der Waals surface area contributed by atoms with Crippen LogP contribution in [0.3, 0.4) is 0 Å². The third-order valence-corrected chi connectivity index (χ3v) is 3.62. The molecule has 0 fully saturated rings. The summed E-state index contributed by atoms with van der Waals surface area (Å²) in [6, 6.07) is 7.76. The second-order valence-corrected chi connectivity index (χ2v) is 7.97. The molecule has 0 bridgehead atoms. The summed E-state index contributed by atoms with van der Waals surface area (Å²) in [4.78, 5) is 27.6. The Morgan fingerprint density at radius 2 is 1.67 bits per heavy atom. The minimum Gasteiger partial charge on any atom is -0.444 e. The maximum atomic E-state index is 11.8. The Hall–Kier alpha value is -2.04. The van der Waals surface area contributed by atoms with Crippen molar-refractivity contribution < 1.29 is 14.3 Å². The number of nitrogens with zero attached hydrogens (tertiary/aromatic N) is 1. The molecule has 0 unspecified atom stereocenters. The number of amides is 2. The predicted molar refractivity (Wildman–Crippen MR) is 133 cm³/mol. The maximum Gasteiger partial charge on any atom is 0.412 e. The van der Waals surface area contributed by atoms with E-state index < -0.39 is 11.7 Å². The van der Waals surface area contributed by atoms with Gasteiger partial charge in [0, 0.05) is 38.3 Å². The molecule has 0 saturated carbocycles. The molecule has 0 saturated heterocycles. The van der Waals surface area contributed by atoms with Gasteiger partial charge < -0.3 is 20.7 Å². The van der Waals surface area contributed by atoms with Gasteiger partial charge in [-0.2, -0.15) is 0 Å². The van der Waals surface area contributed by atoms with E-state index in [9.17, 15) is 9.59 Å². The molecule has 8 nitrogen and oxygen atoms in total. The number of carbonyl (C=O) groups excluding carboxylic acids is 2. The first-order valence-electron chi connectivity index (χ1n) is 9.92. The fraction of sp³-hybridized carbons (Fsp3) is 0.571. The first-order valence-corrected chi connectivity index (χ1v) is 9.92. The highest BCUT2D eigenvalue weighted by molar-refractivity contribution is 14.0. The minimum absolute atomic E-state index is 0. The molecule has 9 heteroatoms. The van der Waals surface area contributed by atoms with Gasteiger partial charge in [0.2, 0.25) is 5.91 Å². The molecule has 0 aromatic heterocycles. The van der Waals surface area contributed by atoms with E-state index in [2.05, 4.69) is 26.3 Å². The molecule has 0 radical (unpaired) electrons. The lowest BCUT2D eigenvalue weighted by Gasteiger charge is -2.19. The minimum atomic E-state index is -0.527. The number of hydrogen-bond donors (Lipinski definition) is 4. The van der Waals surface area contributed by atoms with Crippen LogP contribution in [-0.4, -0.2) is 49.7 Å². The number of anilines is 1. The fourth-order valence-corrected chi connectivity index (χ4v) is 2.41. The van der Waals surface area contributed by atoms with Crippen molar-refractivity contribution in [1.29, 1.82) is 0 Å². The zero-order valence-corrected chi connectivity index (χ0v) is 21.1. The van der Waals surface area contributed by atoms with Crippen LogP contribution < -0.4 is 21.3 Å². The molecule has 1 aromatic carbocycles. The van der Waals surface area contributed by atoms with Crippen LogP contribution in [0.15, 0.2) is 29.3 Å². The van der Waals surface area contributed by atoms with Gasteiger partial charge in [-0.15, -0.1) is 24.0 Å². The number of rotatable bonds is 8. The van der Waals surface area contributed by atoms with Crippen molar-refractivity contribution in [3.63, 3.8) is 0 Å². The van der Waals surface area contributed by atoms with Crippen LogP contribution in [0.25, 0.3) is 0 Å². The lowest BCUT2D eigenvalue weighted by Crippen LogP contribution is -2.40. The van der Waals surface area contributed by atoms with Crippen molar-refractivity contribution in [2.24, 2.45) is 4.99 Å². The number of aliphatic imine (C=N–C) groups is 1. The second kappa shape index (κ2) is 14.1. The van der Waals surface area contributed by atoms with Crippen LogP contribution in [0.5, 0.6) is 0 Å². The van der Waals surface area contributed by atoms with E-state index in [-0.39, 0.29) is 35.9 Å². The third-order valence-electron chi connectivity index (χ3n) is 3.62. The highest BCUT2D eigenvalue weighted by Crippen LogP contribution is 2.13. The summed E-state index contributed by atoms with van der Waals surface area (Å²) in [6.07, 6.45) is 0.718. The maximum absolute atomic E-state index is 11.8. The average Bonchev–Trinajstić information content (AvgIpc) is 2.59. The molecule has 0 aliphatic heterocycles. The predicted octanol–water partition coefficient (Wildman–Crippen LogP) is 3.27. The molecular weight excluding hydrogens is 497 g/mol. The van der Waals surface area contributed by atoms with Gasteiger partial charge in [0.05, 0.1) is 0 Å². The lowest BCUT2D eigenvalue weighted by atomic mass is 10.1. The molecule has 4 N–H and O–H groups in total. The van der Waals surface area contributed by atoms with Crippen LogP contribution in [0, 0.1) is 0 Å². The quantitative estimate of drug-likeness (QED) is 0.233. The van der Waals surface area contributed by atoms with E-state index in [4.69, 9.17) is 4.74 Å². The number of halogens is 1. The number of guanidine groups is 1. The highest BCUT2D eigenvalue weighted by Gasteiger charge is 2.16. The lowest BCUT2D eigenvalue weighted by molar-refractivity contribution is -0.121. The van der Waals surface area contributed by atoms with Crippen LogP contribution in [0.1, 0.15) is 46.6 Å². The van der Waals surface area contributed by atoms with Gasteiger partial charge in [-0.25, -0.2) is 4.79 Å². The summed E-state index contributed by atoms with van der Waals surface area (Å²) in [5.74, 6) is 0.675. The third kappa shape index (κ3) is 13.2. The Kier molecular flexibility index (Phi) is 13.1. The summed E-state index contributed by atoms with van der Waals surface area (Å²) in [5, 5.41) is 11.9. The molecule has 2 amide bonds. The number of nitrogens with one attached hydrogen (secondary N) is 4. The van der Waals surface area contributed by atoms with Gasteiger partial charge in [0.25, 0.3) is 0 Å². The van der Waals surface area contributed by atoms with E-state index in [1.807, 2.05) is 58.9 Å². The topological polar surface area (TPSA) is 104 Å². The summed E-state index contributed by atoms with van der Waals surface area (Å²) >= 11 is 0. The molecule has 0 aliphatic carbocycles. The van der Waals surface area contributed by atoms with E-state index in [0.717, 1.165) is 12.0 Å². The zero-order valence-electron chi connectivity index (χ0n) is 18.8. The molecule has 1 aromatic rings. The van der Waals surface area contributed by atoms with Gasteiger partial charge >= 0.3 is 6.09 Å². The van der Waals surface area contributed by atoms with Crippen molar-refractivity contribution in [3.8, 4) is 0 Å². The monoisotopic (exact) mass is 533 g/mol. The van der Waals surface area contributed by atoms with E-state index in [1.54, 1.807) is 7.05 Å². The van der Waals surface area contributed by atoms with Crippen molar-refractivity contribution in [3.05, 3.63) is 29.8 Å². The molecule has 30 heavy (non-hydrogen) atoms. The largest absolute Gasteiger partial charge is 0.444 e. The standard InChI is InChI=1S/C21H35N5O3.HI/c1-15(2)25-18(27)12-14-24-19(22-6)23-13-11-16-7-9-17(10-8-16)26-20(28)29-21(3,4)5;/h7-10,15H,11-14H2,1-6H3,(H,25,27)(H,26,28)(H2,22,23,24);1H. The normalized spacial score (nSPS) is 11.4. The molecule has 1 rings (SSSR count). The first-order chi connectivity index (χ1) is 13.6. The fourth-order valence-electron chi connectivity index (χ4n) is 2.41. The Bertz CT molecular complexity index is 685. The highest BCUT2D eigenvalue weighted by atomic mass is 127. The average molecular weight is 533 g/mol. The van der Waals surface area contributed by atoms with Crippen LogP contribution in [0.4, 0.5) is 10.5 Å². The van der Waals surface area contributed by atoms with Crippen LogP contribution >= 0.6 is 24.0 Å². The van der Waals surface area contributed by atoms with Crippen molar-refractivity contribution >= 4 is 47.6 Å². The molecule has 0 atom stereocenters. The molecule has 0 heterocycles.